The van der Waals surface area contributed by atoms with Gasteiger partial charge in [-0.05, 0) is 62.8 Å². The maximum Gasteiger partial charge on any atom is 0.471 e. The number of halogens is 3. The van der Waals surface area contributed by atoms with Gasteiger partial charge < -0.3 is 29.4 Å². The molecule has 2 aliphatic carbocycles. The Bertz CT molecular complexity index is 2470. The molecule has 312 valence electrons. The Labute approximate surface area is 336 Å². The summed E-state index contributed by atoms with van der Waals surface area (Å²) in [6, 6.07) is 13.0. The second-order valence-electron chi connectivity index (χ2n) is 15.5. The van der Waals surface area contributed by atoms with Gasteiger partial charge in [0.25, 0.3) is 5.91 Å². The maximum absolute atomic E-state index is 14.4. The average Bonchev–Trinajstić information content (AvgIpc) is 4.11. The predicted molar refractivity (Wildman–Crippen MR) is 207 cm³/mol. The van der Waals surface area contributed by atoms with Gasteiger partial charge in [-0.3, -0.25) is 23.9 Å². The van der Waals surface area contributed by atoms with Gasteiger partial charge in [0.15, 0.2) is 11.3 Å². The summed E-state index contributed by atoms with van der Waals surface area (Å²) in [5.41, 5.74) is 0.647. The van der Waals surface area contributed by atoms with Crippen molar-refractivity contribution in [2.45, 2.75) is 92.9 Å². The summed E-state index contributed by atoms with van der Waals surface area (Å²) >= 11 is 0. The number of allylic oxidation sites excluding steroid dienone is 1. The summed E-state index contributed by atoms with van der Waals surface area (Å²) < 4.78 is 87.0. The number of carbonyl (C=O) groups excluding carboxylic acids is 4. The summed E-state index contributed by atoms with van der Waals surface area (Å²) in [4.78, 5) is 60.8. The molecule has 0 bridgehead atoms. The number of benzene rings is 2. The molecule has 3 N–H and O–H groups in total. The molecule has 3 fully saturated rings. The minimum Gasteiger partial charge on any atom is -0.496 e. The Morgan fingerprint density at radius 3 is 2.54 bits per heavy atom. The van der Waals surface area contributed by atoms with Gasteiger partial charge in [-0.15, -0.1) is 0 Å². The molecule has 4 amide bonds. The number of nitrogens with one attached hydrogen (secondary N) is 3. The lowest BCUT2D eigenvalue weighted by atomic mass is 10.0. The number of nitrogens with zero attached hydrogens (tertiary/aromatic N) is 2. The Morgan fingerprint density at radius 2 is 1.78 bits per heavy atom. The van der Waals surface area contributed by atoms with Gasteiger partial charge in [0.2, 0.25) is 21.8 Å². The van der Waals surface area contributed by atoms with Crippen LogP contribution in [0.3, 0.4) is 0 Å². The van der Waals surface area contributed by atoms with Crippen LogP contribution in [0.25, 0.3) is 33.3 Å². The number of para-hydroxylation sites is 2. The van der Waals surface area contributed by atoms with E-state index in [4.69, 9.17) is 18.9 Å². The second-order valence-corrected chi connectivity index (χ2v) is 17.5. The van der Waals surface area contributed by atoms with E-state index in [1.165, 1.54) is 7.11 Å². The molecule has 2 aromatic heterocycles. The fourth-order valence-electron chi connectivity index (χ4n) is 8.00. The van der Waals surface area contributed by atoms with Crippen molar-refractivity contribution < 1.29 is 54.7 Å². The van der Waals surface area contributed by atoms with Gasteiger partial charge in [-0.1, -0.05) is 49.3 Å². The summed E-state index contributed by atoms with van der Waals surface area (Å²) in [7, 11) is -2.48. The molecule has 2 saturated carbocycles. The van der Waals surface area contributed by atoms with Crippen molar-refractivity contribution in [2.75, 3.05) is 13.7 Å². The van der Waals surface area contributed by atoms with E-state index < -0.39 is 74.7 Å². The van der Waals surface area contributed by atoms with Crippen LogP contribution < -0.4 is 24.8 Å². The highest BCUT2D eigenvalue weighted by Crippen LogP contribution is 2.46. The average molecular weight is 838 g/mol. The van der Waals surface area contributed by atoms with Gasteiger partial charge in [0.1, 0.15) is 40.6 Å². The first-order valence-electron chi connectivity index (χ1n) is 19.5. The molecule has 0 radical (unpaired) electrons. The highest BCUT2D eigenvalue weighted by atomic mass is 32.2. The predicted octanol–water partition coefficient (Wildman–Crippen LogP) is 5.06. The van der Waals surface area contributed by atoms with Crippen molar-refractivity contribution in [2.24, 2.45) is 5.92 Å². The fourth-order valence-corrected chi connectivity index (χ4v) is 9.36. The smallest absolute Gasteiger partial charge is 0.471 e. The number of fused-ring (bicyclic) bond motifs is 5. The molecule has 5 atom stereocenters. The topological polar surface area (TPSA) is 186 Å². The van der Waals surface area contributed by atoms with Crippen LogP contribution >= 0.6 is 0 Å². The van der Waals surface area contributed by atoms with E-state index >= 15 is 0 Å². The maximum atomic E-state index is 14.4. The number of furan rings is 1. The molecule has 14 nitrogen and oxygen atoms in total. The van der Waals surface area contributed by atoms with Gasteiger partial charge in [-0.25, -0.2) is 13.4 Å². The molecule has 4 aromatic rings. The number of sulfonamides is 1. The molecular formula is C41H42F3N5O9S. The zero-order valence-corrected chi connectivity index (χ0v) is 32.7. The number of carbonyl (C=O) groups is 4. The standard InChI is InChI=1S/C41H42F3N5O9S/c1-56-31-15-9-7-12-26(31)29-20-33(35-34(45-29)27-13-8-10-16-32(27)58-35)57-24-19-30-36(50)47-40(38(52)48-59(54,55)25-17-18-25)21-23(40)11-5-3-2-4-6-14-28(37(51)49(30)22-24)46-39(53)41(42,43)44/h5,7-13,15-16,20,23-25,28,30H,2-4,6,14,17-19,21-22H2,1H3,(H,46,53)(H,47,50)(H,48,52)/b11-5-/t23-,24+,28-,30-,40+/m0/s1. The molecule has 2 aliphatic heterocycles. The van der Waals surface area contributed by atoms with Crippen molar-refractivity contribution in [1.82, 2.24) is 25.2 Å². The lowest BCUT2D eigenvalue weighted by Crippen LogP contribution is -2.58. The highest BCUT2D eigenvalue weighted by Gasteiger charge is 2.62. The van der Waals surface area contributed by atoms with Crippen molar-refractivity contribution in [3.05, 3.63) is 66.7 Å². The number of ether oxygens (including phenoxy) is 2. The molecule has 2 aromatic carbocycles. The number of aromatic nitrogens is 1. The molecule has 4 aliphatic rings. The first-order chi connectivity index (χ1) is 28.2. The minimum atomic E-state index is -5.28. The third kappa shape index (κ3) is 8.06. The summed E-state index contributed by atoms with van der Waals surface area (Å²) in [5, 5.41) is 4.55. The largest absolute Gasteiger partial charge is 0.496 e. The minimum absolute atomic E-state index is 0.0822. The van der Waals surface area contributed by atoms with E-state index in [-0.39, 0.29) is 43.6 Å². The first-order valence-corrected chi connectivity index (χ1v) is 21.1. The van der Waals surface area contributed by atoms with Crippen molar-refractivity contribution in [3.8, 4) is 22.8 Å². The van der Waals surface area contributed by atoms with E-state index in [1.54, 1.807) is 36.4 Å². The SMILES string of the molecule is COc1ccccc1-c1cc(O[C@@H]2C[C@H]3C(=O)N[C@]4(C(=O)NS(=O)(=O)C5CC5)C[C@@H]4/C=C\CCCCC[C@H](NC(=O)C(F)(F)F)C(=O)N3C2)c2oc3ccccc3c2n1. The number of pyridine rings is 1. The van der Waals surface area contributed by atoms with E-state index in [0.29, 0.717) is 65.6 Å². The van der Waals surface area contributed by atoms with Crippen LogP contribution in [0.5, 0.6) is 11.5 Å². The summed E-state index contributed by atoms with van der Waals surface area (Å²) in [6.07, 6.45) is -0.237. The lowest BCUT2D eigenvalue weighted by Gasteiger charge is -2.30. The summed E-state index contributed by atoms with van der Waals surface area (Å²) in [5.74, 6) is -4.84. The number of hydrogen-bond acceptors (Lipinski definition) is 10. The van der Waals surface area contributed by atoms with Crippen LogP contribution in [0.1, 0.15) is 57.8 Å². The third-order valence-corrected chi connectivity index (χ3v) is 13.2. The number of methoxy groups -OCH3 is 1. The Morgan fingerprint density at radius 1 is 1.02 bits per heavy atom. The van der Waals surface area contributed by atoms with Crippen LogP contribution in [-0.4, -0.2) is 90.7 Å². The number of amides is 4. The highest BCUT2D eigenvalue weighted by molar-refractivity contribution is 7.91. The lowest BCUT2D eigenvalue weighted by molar-refractivity contribution is -0.175. The van der Waals surface area contributed by atoms with Crippen molar-refractivity contribution in [3.63, 3.8) is 0 Å². The number of rotatable bonds is 8. The van der Waals surface area contributed by atoms with Crippen LogP contribution in [0.15, 0.2) is 71.2 Å². The van der Waals surface area contributed by atoms with Crippen LogP contribution in [0, 0.1) is 5.92 Å². The quantitative estimate of drug-likeness (QED) is 0.203. The van der Waals surface area contributed by atoms with Crippen LogP contribution in [-0.2, 0) is 29.2 Å². The van der Waals surface area contributed by atoms with Crippen LogP contribution in [0.4, 0.5) is 13.2 Å². The molecular weight excluding hydrogens is 796 g/mol. The van der Waals surface area contributed by atoms with Gasteiger partial charge >= 0.3 is 12.1 Å². The Hall–Kier alpha value is -5.65. The zero-order chi connectivity index (χ0) is 41.7. The molecule has 59 heavy (non-hydrogen) atoms. The third-order valence-electron chi connectivity index (χ3n) is 11.4. The van der Waals surface area contributed by atoms with E-state index in [2.05, 4.69) is 10.0 Å². The van der Waals surface area contributed by atoms with Crippen LogP contribution in [0.2, 0.25) is 0 Å². The van der Waals surface area contributed by atoms with Crippen molar-refractivity contribution in [1.29, 1.82) is 0 Å². The number of alkyl halides is 3. The van der Waals surface area contributed by atoms with E-state index in [9.17, 15) is 40.8 Å². The van der Waals surface area contributed by atoms with Gasteiger partial charge in [0, 0.05) is 29.4 Å². The molecule has 1 saturated heterocycles. The monoisotopic (exact) mass is 837 g/mol. The molecule has 18 heteroatoms. The molecule has 8 rings (SSSR count). The molecule has 4 heterocycles. The normalized spacial score (nSPS) is 25.9. The van der Waals surface area contributed by atoms with E-state index in [0.717, 1.165) is 4.90 Å². The Kier molecular flexibility index (Phi) is 10.6. The number of hydrogen-bond donors (Lipinski definition) is 3. The molecule has 0 unspecified atom stereocenters. The van der Waals surface area contributed by atoms with Crippen molar-refractivity contribution >= 4 is 55.7 Å². The first kappa shape index (κ1) is 40.1. The zero-order valence-electron chi connectivity index (χ0n) is 31.9. The van der Waals surface area contributed by atoms with Gasteiger partial charge in [0.05, 0.1) is 24.6 Å². The second kappa shape index (κ2) is 15.5. The molecule has 0 spiro atoms. The van der Waals surface area contributed by atoms with Gasteiger partial charge in [-0.2, -0.15) is 13.2 Å². The summed E-state index contributed by atoms with van der Waals surface area (Å²) in [6.45, 7) is -0.304. The Balaban J connectivity index is 1.16. The van der Waals surface area contributed by atoms with E-state index in [1.807, 2.05) is 35.7 Å². The fraction of sp³-hybridized carbons (Fsp3) is 0.439.